The van der Waals surface area contributed by atoms with E-state index in [9.17, 15) is 4.79 Å². The SMILES string of the molecule is CSCCCNC(=O)COc1ccccc1C#N. The van der Waals surface area contributed by atoms with Crippen LogP contribution in [0.3, 0.4) is 0 Å². The zero-order valence-corrected chi connectivity index (χ0v) is 11.1. The normalized spacial score (nSPS) is 9.56. The molecule has 1 aromatic rings. The fraction of sp³-hybridized carbons (Fsp3) is 0.385. The number of benzene rings is 1. The Bertz CT molecular complexity index is 429. The molecule has 18 heavy (non-hydrogen) atoms. The van der Waals surface area contributed by atoms with Crippen molar-refractivity contribution in [1.29, 1.82) is 5.26 Å². The van der Waals surface area contributed by atoms with Gasteiger partial charge in [-0.2, -0.15) is 17.0 Å². The highest BCUT2D eigenvalue weighted by Crippen LogP contribution is 2.15. The third kappa shape index (κ3) is 5.11. The molecule has 1 N–H and O–H groups in total. The first-order valence-corrected chi connectivity index (χ1v) is 7.05. The van der Waals surface area contributed by atoms with Crippen LogP contribution in [0.15, 0.2) is 24.3 Å². The molecule has 1 amide bonds. The molecule has 0 heterocycles. The van der Waals surface area contributed by atoms with E-state index in [0.29, 0.717) is 17.9 Å². The first-order chi connectivity index (χ1) is 8.77. The maximum Gasteiger partial charge on any atom is 0.257 e. The number of hydrogen-bond donors (Lipinski definition) is 1. The number of nitrogens with zero attached hydrogens (tertiary/aromatic N) is 1. The van der Waals surface area contributed by atoms with E-state index in [-0.39, 0.29) is 12.5 Å². The van der Waals surface area contributed by atoms with Crippen LogP contribution in [0.25, 0.3) is 0 Å². The molecule has 4 nitrogen and oxygen atoms in total. The van der Waals surface area contributed by atoms with Crippen LogP contribution in [-0.4, -0.2) is 31.1 Å². The summed E-state index contributed by atoms with van der Waals surface area (Å²) in [5, 5.41) is 11.6. The third-order valence-electron chi connectivity index (χ3n) is 2.21. The largest absolute Gasteiger partial charge is 0.482 e. The minimum atomic E-state index is -0.163. The van der Waals surface area contributed by atoms with Crippen molar-refractivity contribution < 1.29 is 9.53 Å². The Morgan fingerprint density at radius 1 is 1.50 bits per heavy atom. The number of thioether (sulfide) groups is 1. The van der Waals surface area contributed by atoms with Crippen molar-refractivity contribution in [2.75, 3.05) is 25.2 Å². The minimum absolute atomic E-state index is 0.0576. The first kappa shape index (κ1) is 14.4. The number of nitriles is 1. The molecule has 0 radical (unpaired) electrons. The Morgan fingerprint density at radius 3 is 3.00 bits per heavy atom. The predicted octanol–water partition coefficient (Wildman–Crippen LogP) is 1.81. The topological polar surface area (TPSA) is 62.1 Å². The molecule has 0 aromatic heterocycles. The molecule has 96 valence electrons. The molecule has 0 saturated carbocycles. The fourth-order valence-electron chi connectivity index (χ4n) is 1.32. The lowest BCUT2D eigenvalue weighted by molar-refractivity contribution is -0.123. The molecule has 0 aliphatic carbocycles. The number of carbonyl (C=O) groups excluding carboxylic acids is 1. The van der Waals surface area contributed by atoms with Gasteiger partial charge in [0.25, 0.3) is 5.91 Å². The Labute approximate surface area is 111 Å². The summed E-state index contributed by atoms with van der Waals surface area (Å²) in [5.41, 5.74) is 0.438. The Balaban J connectivity index is 2.32. The maximum absolute atomic E-state index is 11.5. The number of amides is 1. The van der Waals surface area contributed by atoms with Crippen LogP contribution in [0.2, 0.25) is 0 Å². The number of carbonyl (C=O) groups is 1. The number of para-hydroxylation sites is 1. The van der Waals surface area contributed by atoms with E-state index in [1.165, 1.54) is 0 Å². The van der Waals surface area contributed by atoms with E-state index in [1.54, 1.807) is 36.0 Å². The number of hydrogen-bond acceptors (Lipinski definition) is 4. The lowest BCUT2D eigenvalue weighted by Gasteiger charge is -2.08. The molecular weight excluding hydrogens is 248 g/mol. The standard InChI is InChI=1S/C13H16N2O2S/c1-18-8-4-7-15-13(16)10-17-12-6-3-2-5-11(12)9-14/h2-3,5-6H,4,7-8,10H2,1H3,(H,15,16). The summed E-state index contributed by atoms with van der Waals surface area (Å²) in [6, 6.07) is 8.89. The summed E-state index contributed by atoms with van der Waals surface area (Å²) < 4.78 is 5.31. The summed E-state index contributed by atoms with van der Waals surface area (Å²) in [5.74, 6) is 1.31. The first-order valence-electron chi connectivity index (χ1n) is 5.65. The van der Waals surface area contributed by atoms with Crippen LogP contribution in [0, 0.1) is 11.3 Å². The lowest BCUT2D eigenvalue weighted by atomic mass is 10.2. The second kappa shape index (κ2) is 8.43. The van der Waals surface area contributed by atoms with E-state index < -0.39 is 0 Å². The van der Waals surface area contributed by atoms with Gasteiger partial charge in [0.15, 0.2) is 6.61 Å². The van der Waals surface area contributed by atoms with Gasteiger partial charge in [-0.15, -0.1) is 0 Å². The maximum atomic E-state index is 11.5. The van der Waals surface area contributed by atoms with Crippen molar-refractivity contribution >= 4 is 17.7 Å². The van der Waals surface area contributed by atoms with Crippen LogP contribution in [-0.2, 0) is 4.79 Å². The van der Waals surface area contributed by atoms with Crippen molar-refractivity contribution in [3.8, 4) is 11.8 Å². The van der Waals surface area contributed by atoms with Crippen molar-refractivity contribution in [3.05, 3.63) is 29.8 Å². The average molecular weight is 264 g/mol. The van der Waals surface area contributed by atoms with Gasteiger partial charge in [0.1, 0.15) is 11.8 Å². The van der Waals surface area contributed by atoms with Crippen LogP contribution >= 0.6 is 11.8 Å². The van der Waals surface area contributed by atoms with Crippen molar-refractivity contribution in [3.63, 3.8) is 0 Å². The highest BCUT2D eigenvalue weighted by Gasteiger charge is 2.05. The number of rotatable bonds is 7. The molecule has 0 aliphatic rings. The third-order valence-corrected chi connectivity index (χ3v) is 2.91. The van der Waals surface area contributed by atoms with E-state index in [2.05, 4.69) is 5.32 Å². The number of ether oxygens (including phenoxy) is 1. The van der Waals surface area contributed by atoms with Gasteiger partial charge < -0.3 is 10.1 Å². The Kier molecular flexibility index (Phi) is 6.74. The zero-order valence-electron chi connectivity index (χ0n) is 10.3. The molecule has 5 heteroatoms. The molecule has 0 spiro atoms. The van der Waals surface area contributed by atoms with Crippen molar-refractivity contribution in [2.24, 2.45) is 0 Å². The molecule has 1 rings (SSSR count). The zero-order chi connectivity index (χ0) is 13.2. The lowest BCUT2D eigenvalue weighted by Crippen LogP contribution is -2.30. The van der Waals surface area contributed by atoms with Gasteiger partial charge >= 0.3 is 0 Å². The molecule has 0 bridgehead atoms. The van der Waals surface area contributed by atoms with Crippen LogP contribution < -0.4 is 10.1 Å². The van der Waals surface area contributed by atoms with Crippen LogP contribution in [0.4, 0.5) is 0 Å². The Hall–Kier alpha value is -1.67. The summed E-state index contributed by atoms with van der Waals surface area (Å²) in [4.78, 5) is 11.5. The molecular formula is C13H16N2O2S. The Morgan fingerprint density at radius 2 is 2.28 bits per heavy atom. The van der Waals surface area contributed by atoms with Crippen molar-refractivity contribution in [1.82, 2.24) is 5.32 Å². The molecule has 0 saturated heterocycles. The summed E-state index contributed by atoms with van der Waals surface area (Å²) in [7, 11) is 0. The van der Waals surface area contributed by atoms with Gasteiger partial charge in [-0.25, -0.2) is 0 Å². The average Bonchev–Trinajstić information content (AvgIpc) is 2.41. The molecule has 0 aliphatic heterocycles. The smallest absolute Gasteiger partial charge is 0.257 e. The van der Waals surface area contributed by atoms with Crippen LogP contribution in [0.1, 0.15) is 12.0 Å². The number of nitrogens with one attached hydrogen (secondary N) is 1. The molecule has 0 unspecified atom stereocenters. The van der Waals surface area contributed by atoms with Gasteiger partial charge in [-0.1, -0.05) is 12.1 Å². The van der Waals surface area contributed by atoms with Gasteiger partial charge in [0.2, 0.25) is 0 Å². The highest BCUT2D eigenvalue weighted by molar-refractivity contribution is 7.98. The van der Waals surface area contributed by atoms with Gasteiger partial charge in [0.05, 0.1) is 5.56 Å². The van der Waals surface area contributed by atoms with Gasteiger partial charge in [-0.05, 0) is 30.6 Å². The van der Waals surface area contributed by atoms with E-state index in [1.807, 2.05) is 12.3 Å². The second-order valence-corrected chi connectivity index (χ2v) is 4.58. The van der Waals surface area contributed by atoms with E-state index in [4.69, 9.17) is 10.00 Å². The molecule has 1 aromatic carbocycles. The van der Waals surface area contributed by atoms with Gasteiger partial charge in [-0.3, -0.25) is 4.79 Å². The van der Waals surface area contributed by atoms with E-state index >= 15 is 0 Å². The van der Waals surface area contributed by atoms with Crippen LogP contribution in [0.5, 0.6) is 5.75 Å². The van der Waals surface area contributed by atoms with Gasteiger partial charge in [0, 0.05) is 6.54 Å². The second-order valence-electron chi connectivity index (χ2n) is 3.59. The predicted molar refractivity (Wildman–Crippen MR) is 72.7 cm³/mol. The quantitative estimate of drug-likeness (QED) is 0.763. The molecule has 0 atom stereocenters. The minimum Gasteiger partial charge on any atom is -0.482 e. The van der Waals surface area contributed by atoms with Crippen molar-refractivity contribution in [2.45, 2.75) is 6.42 Å². The summed E-state index contributed by atoms with van der Waals surface area (Å²) in [6.07, 6.45) is 2.98. The van der Waals surface area contributed by atoms with E-state index in [0.717, 1.165) is 12.2 Å². The highest BCUT2D eigenvalue weighted by atomic mass is 32.2. The summed E-state index contributed by atoms with van der Waals surface area (Å²) in [6.45, 7) is 0.598. The summed E-state index contributed by atoms with van der Waals surface area (Å²) >= 11 is 1.75. The molecule has 0 fully saturated rings. The fourth-order valence-corrected chi connectivity index (χ4v) is 1.76. The monoisotopic (exact) mass is 264 g/mol.